The minimum absolute atomic E-state index is 0. The molecule has 0 amide bonds. The largest absolute Gasteiger partial charge is 0.512 e. The quantitative estimate of drug-likeness (QED) is 0.0916. The molecule has 0 unspecified atom stereocenters. The summed E-state index contributed by atoms with van der Waals surface area (Å²) < 4.78 is 0. The van der Waals surface area contributed by atoms with Crippen LogP contribution in [-0.4, -0.2) is 15.9 Å². The second-order valence-corrected chi connectivity index (χ2v) is 13.3. The van der Waals surface area contributed by atoms with Crippen LogP contribution in [0.2, 0.25) is 0 Å². The minimum Gasteiger partial charge on any atom is -0.512 e. The van der Waals surface area contributed by atoms with Crippen LogP contribution in [0, 0.1) is 24.8 Å². The van der Waals surface area contributed by atoms with Gasteiger partial charge in [-0.3, -0.25) is 9.78 Å². The van der Waals surface area contributed by atoms with Gasteiger partial charge in [-0.1, -0.05) is 109 Å². The number of aryl methyl sites for hydroxylation is 1. The molecule has 1 aliphatic rings. The molecule has 6 rings (SSSR count). The van der Waals surface area contributed by atoms with Crippen molar-refractivity contribution < 1.29 is 30.0 Å². The van der Waals surface area contributed by atoms with Crippen LogP contribution in [0.25, 0.3) is 44.4 Å². The number of ketones is 1. The number of hydrogen-bond acceptors (Lipinski definition) is 3. The maximum absolute atomic E-state index is 11.7. The molecule has 0 spiro atoms. The minimum atomic E-state index is -0.0415. The monoisotopic (exact) mass is 815 g/mol. The number of allylic oxidation sites excluding steroid dienone is 2. The summed E-state index contributed by atoms with van der Waals surface area (Å²) in [5.41, 5.74) is 12.0. The third kappa shape index (κ3) is 7.56. The van der Waals surface area contributed by atoms with Crippen molar-refractivity contribution >= 4 is 16.7 Å². The van der Waals surface area contributed by atoms with Crippen molar-refractivity contribution in [3.05, 3.63) is 126 Å². The first-order chi connectivity index (χ1) is 22.6. The fraction of sp³-hybridized carbons (Fsp3) is 0.318. The molecular formula is C44H48IrNO2-. The molecule has 3 nitrogen and oxygen atoms in total. The summed E-state index contributed by atoms with van der Waals surface area (Å²) in [4.78, 5) is 16.9. The Morgan fingerprint density at radius 1 is 0.792 bits per heavy atom. The Bertz CT molecular complexity index is 1900. The molecule has 5 aromatic rings. The molecule has 1 heterocycles. The summed E-state index contributed by atoms with van der Waals surface area (Å²) >= 11 is 0. The van der Waals surface area contributed by atoms with Crippen molar-refractivity contribution in [2.24, 2.45) is 11.8 Å². The number of pyridine rings is 1. The molecule has 0 bridgehead atoms. The smallest absolute Gasteiger partial charge is 0.162 e. The van der Waals surface area contributed by atoms with Crippen molar-refractivity contribution in [3.8, 4) is 33.5 Å². The van der Waals surface area contributed by atoms with E-state index in [-0.39, 0.29) is 48.9 Å². The Morgan fingerprint density at radius 2 is 1.44 bits per heavy atom. The molecule has 0 atom stereocenters. The Kier molecular flexibility index (Phi) is 12.3. The number of hydrogen-bond donors (Lipinski definition) is 1. The fourth-order valence-corrected chi connectivity index (χ4v) is 6.92. The average Bonchev–Trinajstić information content (AvgIpc) is 3.30. The molecule has 48 heavy (non-hydrogen) atoms. The van der Waals surface area contributed by atoms with Crippen LogP contribution in [0.3, 0.4) is 0 Å². The van der Waals surface area contributed by atoms with Crippen molar-refractivity contribution in [3.63, 3.8) is 0 Å². The Hall–Kier alpha value is -3.85. The summed E-state index contributed by atoms with van der Waals surface area (Å²) in [6, 6.07) is 36.0. The van der Waals surface area contributed by atoms with E-state index in [1.807, 2.05) is 33.8 Å². The van der Waals surface area contributed by atoms with E-state index in [4.69, 9.17) is 4.98 Å². The Morgan fingerprint density at radius 3 is 2.08 bits per heavy atom. The van der Waals surface area contributed by atoms with Crippen molar-refractivity contribution in [2.75, 3.05) is 0 Å². The second-order valence-electron chi connectivity index (χ2n) is 13.3. The van der Waals surface area contributed by atoms with E-state index in [2.05, 4.69) is 112 Å². The molecule has 251 valence electrons. The molecule has 0 aliphatic heterocycles. The van der Waals surface area contributed by atoms with Gasteiger partial charge >= 0.3 is 0 Å². The summed E-state index contributed by atoms with van der Waals surface area (Å²) in [5, 5.41) is 11.0. The van der Waals surface area contributed by atoms with E-state index >= 15 is 0 Å². The van der Waals surface area contributed by atoms with E-state index in [1.54, 1.807) is 0 Å². The van der Waals surface area contributed by atoms with Gasteiger partial charge in [0.25, 0.3) is 0 Å². The second kappa shape index (κ2) is 16.0. The van der Waals surface area contributed by atoms with Crippen LogP contribution in [0.1, 0.15) is 83.9 Å². The molecule has 1 N–H and O–H groups in total. The van der Waals surface area contributed by atoms with Gasteiger partial charge in [-0.05, 0) is 76.9 Å². The van der Waals surface area contributed by atoms with E-state index in [0.29, 0.717) is 0 Å². The van der Waals surface area contributed by atoms with Gasteiger partial charge in [-0.25, -0.2) is 0 Å². The van der Waals surface area contributed by atoms with Gasteiger partial charge in [0.2, 0.25) is 0 Å². The predicted molar refractivity (Wildman–Crippen MR) is 198 cm³/mol. The van der Waals surface area contributed by atoms with E-state index in [0.717, 1.165) is 42.5 Å². The molecule has 0 saturated carbocycles. The number of benzene rings is 4. The average molecular weight is 815 g/mol. The molecule has 0 fully saturated rings. The van der Waals surface area contributed by atoms with Crippen LogP contribution in [0.5, 0.6) is 0 Å². The van der Waals surface area contributed by atoms with Crippen LogP contribution in [-0.2, 0) is 30.3 Å². The number of aromatic nitrogens is 1. The zero-order valence-electron chi connectivity index (χ0n) is 29.4. The molecule has 1 aromatic heterocycles. The molecular weight excluding hydrogens is 767 g/mol. The van der Waals surface area contributed by atoms with Crippen LogP contribution in [0.4, 0.5) is 0 Å². The number of fused-ring (bicyclic) bond motifs is 4. The van der Waals surface area contributed by atoms with Crippen LogP contribution < -0.4 is 0 Å². The van der Waals surface area contributed by atoms with Gasteiger partial charge in [-0.2, -0.15) is 0 Å². The molecule has 4 heteroatoms. The summed E-state index contributed by atoms with van der Waals surface area (Å²) in [7, 11) is 0. The first-order valence-electron chi connectivity index (χ1n) is 17.2. The number of carbonyl (C=O) groups excluding carboxylic acids is 1. The van der Waals surface area contributed by atoms with Crippen molar-refractivity contribution in [2.45, 2.75) is 79.6 Å². The first kappa shape index (κ1) is 37.0. The van der Waals surface area contributed by atoms with Crippen LogP contribution in [0.15, 0.2) is 103 Å². The first-order valence-corrected chi connectivity index (χ1v) is 17.2. The van der Waals surface area contributed by atoms with Gasteiger partial charge in [0, 0.05) is 48.8 Å². The summed E-state index contributed by atoms with van der Waals surface area (Å²) in [6.07, 6.45) is 4.91. The normalized spacial score (nSPS) is 13.1. The maximum Gasteiger partial charge on any atom is 0.162 e. The fourth-order valence-electron chi connectivity index (χ4n) is 6.92. The van der Waals surface area contributed by atoms with Crippen LogP contribution >= 0.6 is 0 Å². The molecule has 1 aliphatic carbocycles. The van der Waals surface area contributed by atoms with E-state index in [9.17, 15) is 9.90 Å². The van der Waals surface area contributed by atoms with Gasteiger partial charge in [0.15, 0.2) is 5.78 Å². The topological polar surface area (TPSA) is 50.2 Å². The zero-order chi connectivity index (χ0) is 33.7. The van der Waals surface area contributed by atoms with Crippen molar-refractivity contribution in [1.82, 2.24) is 4.98 Å². The SMILES string of the molecule is CCC(CC)C(=O)/C=C(\O)C(CC)CC.Cc1cc[c-]c(-c2cc(-c3ccccc3)c3cc4c(cc3n2)C(C)(C)c2ccccc2-4)c1.[Ir]. The number of aliphatic hydroxyl groups excluding tert-OH is 1. The Balaban J connectivity index is 0.000000279. The summed E-state index contributed by atoms with van der Waals surface area (Å²) in [6.45, 7) is 14.8. The van der Waals surface area contributed by atoms with Gasteiger partial charge in [-0.15, -0.1) is 35.4 Å². The predicted octanol–water partition coefficient (Wildman–Crippen LogP) is 11.9. The van der Waals surface area contributed by atoms with E-state index < -0.39 is 0 Å². The van der Waals surface area contributed by atoms with Gasteiger partial charge in [0.05, 0.1) is 11.3 Å². The number of rotatable bonds is 9. The molecule has 1 radical (unpaired) electrons. The standard InChI is InChI=1S/C31H24N.C13H24O2.Ir/c1-20-10-9-13-22(16-20)29-18-24(21-11-5-4-6-12-21)26-17-25-23-14-7-8-15-27(23)31(2,3)28(25)19-30(26)32-29;1-5-10(6-2)12(14)9-13(15)11(7-3)8-4;/h4-12,14-19H,1-3H3;9-11,14H,5-8H2,1-4H3;/q-1;;/b;12-9-;. The van der Waals surface area contributed by atoms with E-state index in [1.165, 1.54) is 50.4 Å². The zero-order valence-corrected chi connectivity index (χ0v) is 31.8. The third-order valence-corrected chi connectivity index (χ3v) is 9.91. The molecule has 4 aromatic carbocycles. The number of aliphatic hydroxyl groups is 1. The summed E-state index contributed by atoms with van der Waals surface area (Å²) in [5.74, 6) is 0.547. The Labute approximate surface area is 300 Å². The molecule has 0 saturated heterocycles. The van der Waals surface area contributed by atoms with Gasteiger partial charge in [0.1, 0.15) is 0 Å². The number of carbonyl (C=O) groups is 1. The van der Waals surface area contributed by atoms with Crippen molar-refractivity contribution in [1.29, 1.82) is 0 Å². The third-order valence-electron chi connectivity index (χ3n) is 9.91. The number of nitrogens with zero attached hydrogens (tertiary/aromatic N) is 1. The van der Waals surface area contributed by atoms with Gasteiger partial charge < -0.3 is 5.11 Å². The maximum atomic E-state index is 11.7.